The van der Waals surface area contributed by atoms with Gasteiger partial charge in [0.2, 0.25) is 6.79 Å². The molecule has 6 heteroatoms. The molecule has 2 heterocycles. The normalized spacial score (nSPS) is 16.5. The van der Waals surface area contributed by atoms with E-state index in [9.17, 15) is 0 Å². The summed E-state index contributed by atoms with van der Waals surface area (Å²) < 4.78 is 17.2. The van der Waals surface area contributed by atoms with E-state index in [0.29, 0.717) is 6.79 Å². The molecule has 0 radical (unpaired) electrons. The standard InChI is InChI=1S/C18H28N2O3Si/c1-18(2,3)24(4,5)23-10-8-19-20-9-6-7-14-11-16-17(12-15(14)20)22-13-21-16/h6-7,11-12,19H,8-10,13H2,1-5H3. The molecule has 0 aliphatic carbocycles. The van der Waals surface area contributed by atoms with Crippen LogP contribution in [0.3, 0.4) is 0 Å². The molecule has 0 bridgehead atoms. The first kappa shape index (κ1) is 17.3. The summed E-state index contributed by atoms with van der Waals surface area (Å²) in [5, 5.41) is 2.39. The lowest BCUT2D eigenvalue weighted by atomic mass is 10.1. The van der Waals surface area contributed by atoms with Gasteiger partial charge in [-0.3, -0.25) is 0 Å². The van der Waals surface area contributed by atoms with E-state index in [1.165, 1.54) is 0 Å². The number of nitrogens with one attached hydrogen (secondary N) is 1. The fraction of sp³-hybridized carbons (Fsp3) is 0.556. The van der Waals surface area contributed by atoms with Crippen LogP contribution in [0.25, 0.3) is 6.08 Å². The van der Waals surface area contributed by atoms with E-state index >= 15 is 0 Å². The van der Waals surface area contributed by atoms with E-state index in [2.05, 4.69) is 56.5 Å². The monoisotopic (exact) mass is 348 g/mol. The quantitative estimate of drug-likeness (QED) is 0.648. The fourth-order valence-electron chi connectivity index (χ4n) is 2.55. The van der Waals surface area contributed by atoms with Crippen LogP contribution >= 0.6 is 0 Å². The maximum atomic E-state index is 6.23. The fourth-order valence-corrected chi connectivity index (χ4v) is 3.60. The Hall–Kier alpha value is -1.50. The van der Waals surface area contributed by atoms with Crippen LogP contribution in [0.1, 0.15) is 26.3 Å². The van der Waals surface area contributed by atoms with E-state index in [4.69, 9.17) is 13.9 Å². The first-order valence-electron chi connectivity index (χ1n) is 8.53. The first-order valence-corrected chi connectivity index (χ1v) is 11.4. The minimum absolute atomic E-state index is 0.241. The third-order valence-corrected chi connectivity index (χ3v) is 9.61. The van der Waals surface area contributed by atoms with Crippen molar-refractivity contribution < 1.29 is 13.9 Å². The Morgan fingerprint density at radius 3 is 2.62 bits per heavy atom. The molecular weight excluding hydrogens is 320 g/mol. The summed E-state index contributed by atoms with van der Waals surface area (Å²) in [6, 6.07) is 4.08. The maximum absolute atomic E-state index is 6.23. The number of nitrogens with zero attached hydrogens (tertiary/aromatic N) is 1. The molecule has 0 amide bonds. The van der Waals surface area contributed by atoms with Crippen LogP contribution < -0.4 is 19.9 Å². The Bertz CT molecular complexity index is 638. The molecule has 5 nitrogen and oxygen atoms in total. The highest BCUT2D eigenvalue weighted by atomic mass is 28.4. The van der Waals surface area contributed by atoms with Crippen molar-refractivity contribution in [2.45, 2.75) is 38.9 Å². The number of ether oxygens (including phenoxy) is 2. The highest BCUT2D eigenvalue weighted by Crippen LogP contribution is 2.40. The summed E-state index contributed by atoms with van der Waals surface area (Å²) in [6.45, 7) is 14.0. The Kier molecular flexibility index (Phi) is 4.64. The Balaban J connectivity index is 1.59. The molecule has 0 saturated heterocycles. The summed E-state index contributed by atoms with van der Waals surface area (Å²) in [6.07, 6.45) is 4.27. The largest absolute Gasteiger partial charge is 0.454 e. The van der Waals surface area contributed by atoms with E-state index in [0.717, 1.165) is 42.4 Å². The topological polar surface area (TPSA) is 43.0 Å². The number of hydrazine groups is 1. The van der Waals surface area contributed by atoms with Crippen LogP contribution in [0.4, 0.5) is 5.69 Å². The van der Waals surface area contributed by atoms with Crippen molar-refractivity contribution in [3.63, 3.8) is 0 Å². The average Bonchev–Trinajstić information content (AvgIpc) is 2.95. The predicted octanol–water partition coefficient (Wildman–Crippen LogP) is 3.77. The molecule has 0 fully saturated rings. The van der Waals surface area contributed by atoms with Gasteiger partial charge in [0.25, 0.3) is 0 Å². The number of rotatable bonds is 5. The van der Waals surface area contributed by atoms with E-state index < -0.39 is 8.32 Å². The van der Waals surface area contributed by atoms with E-state index in [-0.39, 0.29) is 5.04 Å². The van der Waals surface area contributed by atoms with Crippen molar-refractivity contribution in [3.8, 4) is 11.5 Å². The molecule has 1 N–H and O–H groups in total. The van der Waals surface area contributed by atoms with Crippen molar-refractivity contribution in [1.82, 2.24) is 5.43 Å². The molecule has 0 atom stereocenters. The lowest BCUT2D eigenvalue weighted by Crippen LogP contribution is -2.45. The molecule has 0 spiro atoms. The highest BCUT2D eigenvalue weighted by Gasteiger charge is 2.36. The second kappa shape index (κ2) is 6.42. The molecule has 2 aliphatic rings. The summed E-state index contributed by atoms with van der Waals surface area (Å²) in [5.74, 6) is 1.63. The van der Waals surface area contributed by atoms with Gasteiger partial charge < -0.3 is 18.9 Å². The molecule has 0 saturated carbocycles. The number of hydrogen-bond acceptors (Lipinski definition) is 5. The van der Waals surface area contributed by atoms with E-state index in [1.54, 1.807) is 0 Å². The molecule has 3 rings (SSSR count). The third-order valence-electron chi connectivity index (χ3n) is 5.07. The van der Waals surface area contributed by atoms with Gasteiger partial charge in [0.05, 0.1) is 12.2 Å². The Morgan fingerprint density at radius 1 is 1.21 bits per heavy atom. The van der Waals surface area contributed by atoms with E-state index in [1.807, 2.05) is 12.1 Å². The highest BCUT2D eigenvalue weighted by molar-refractivity contribution is 6.74. The van der Waals surface area contributed by atoms with Crippen LogP contribution in [-0.4, -0.2) is 34.8 Å². The van der Waals surface area contributed by atoms with Gasteiger partial charge in [0.15, 0.2) is 19.8 Å². The molecule has 132 valence electrons. The number of hydrogen-bond donors (Lipinski definition) is 1. The first-order chi connectivity index (χ1) is 11.3. The summed E-state index contributed by atoms with van der Waals surface area (Å²) >= 11 is 0. The van der Waals surface area contributed by atoms with Crippen molar-refractivity contribution in [2.75, 3.05) is 31.5 Å². The van der Waals surface area contributed by atoms with Crippen molar-refractivity contribution in [3.05, 3.63) is 23.8 Å². The van der Waals surface area contributed by atoms with Gasteiger partial charge in [0.1, 0.15) is 0 Å². The second-order valence-corrected chi connectivity index (χ2v) is 12.6. The molecule has 0 aromatic heterocycles. The molecular formula is C18H28N2O3Si. The SMILES string of the molecule is CC(C)(C)[Si](C)(C)OCCNN1CC=Cc2cc3c(cc21)OCO3. The lowest BCUT2D eigenvalue weighted by molar-refractivity contribution is 0.174. The predicted molar refractivity (Wildman–Crippen MR) is 100 cm³/mol. The minimum Gasteiger partial charge on any atom is -0.454 e. The average molecular weight is 349 g/mol. The molecule has 0 unspecified atom stereocenters. The van der Waals surface area contributed by atoms with Gasteiger partial charge in [-0.15, -0.1) is 0 Å². The third kappa shape index (κ3) is 3.45. The van der Waals surface area contributed by atoms with Crippen LogP contribution in [0.15, 0.2) is 18.2 Å². The van der Waals surface area contributed by atoms with Crippen molar-refractivity contribution in [1.29, 1.82) is 0 Å². The Morgan fingerprint density at radius 2 is 1.92 bits per heavy atom. The molecule has 24 heavy (non-hydrogen) atoms. The van der Waals surface area contributed by atoms with Gasteiger partial charge in [-0.05, 0) is 24.2 Å². The van der Waals surface area contributed by atoms with Crippen LogP contribution in [0.2, 0.25) is 18.1 Å². The van der Waals surface area contributed by atoms with Gasteiger partial charge in [-0.2, -0.15) is 0 Å². The molecule has 1 aromatic carbocycles. The summed E-state index contributed by atoms with van der Waals surface area (Å²) in [7, 11) is -1.69. The number of benzene rings is 1. The van der Waals surface area contributed by atoms with Crippen LogP contribution in [-0.2, 0) is 4.43 Å². The lowest BCUT2D eigenvalue weighted by Gasteiger charge is -2.36. The zero-order valence-corrected chi connectivity index (χ0v) is 16.3. The zero-order chi connectivity index (χ0) is 17.4. The zero-order valence-electron chi connectivity index (χ0n) is 15.3. The van der Waals surface area contributed by atoms with Gasteiger partial charge >= 0.3 is 0 Å². The van der Waals surface area contributed by atoms with Gasteiger partial charge in [-0.1, -0.05) is 32.9 Å². The number of anilines is 1. The van der Waals surface area contributed by atoms with Crippen LogP contribution in [0, 0.1) is 0 Å². The molecule has 2 aliphatic heterocycles. The molecule has 1 aromatic rings. The smallest absolute Gasteiger partial charge is 0.231 e. The van der Waals surface area contributed by atoms with Crippen molar-refractivity contribution >= 4 is 20.1 Å². The summed E-state index contributed by atoms with van der Waals surface area (Å²) in [4.78, 5) is 0. The van der Waals surface area contributed by atoms with Gasteiger partial charge in [-0.25, -0.2) is 5.43 Å². The number of fused-ring (bicyclic) bond motifs is 2. The Labute approximate surface area is 145 Å². The van der Waals surface area contributed by atoms with Crippen molar-refractivity contribution in [2.24, 2.45) is 0 Å². The van der Waals surface area contributed by atoms with Gasteiger partial charge in [0, 0.05) is 24.8 Å². The second-order valence-electron chi connectivity index (χ2n) is 7.79. The summed E-state index contributed by atoms with van der Waals surface area (Å²) in [5.41, 5.74) is 5.74. The minimum atomic E-state index is -1.69. The van der Waals surface area contributed by atoms with Crippen LogP contribution in [0.5, 0.6) is 11.5 Å². The maximum Gasteiger partial charge on any atom is 0.231 e.